The Labute approximate surface area is 193 Å². The molecule has 0 bridgehead atoms. The van der Waals surface area contributed by atoms with Crippen molar-refractivity contribution in [3.63, 3.8) is 0 Å². The van der Waals surface area contributed by atoms with E-state index in [9.17, 15) is 22.4 Å². The molecule has 7 nitrogen and oxygen atoms in total. The lowest BCUT2D eigenvalue weighted by atomic mass is 10.2. The van der Waals surface area contributed by atoms with Crippen LogP contribution in [0.25, 0.3) is 0 Å². The van der Waals surface area contributed by atoms with Gasteiger partial charge in [0.15, 0.2) is 0 Å². The summed E-state index contributed by atoms with van der Waals surface area (Å²) in [5.41, 5.74) is 1.72. The van der Waals surface area contributed by atoms with Crippen molar-refractivity contribution in [2.45, 2.75) is 49.8 Å². The summed E-state index contributed by atoms with van der Waals surface area (Å²) in [5, 5.41) is 0. The van der Waals surface area contributed by atoms with E-state index in [1.807, 2.05) is 4.90 Å². The van der Waals surface area contributed by atoms with E-state index in [1.54, 1.807) is 17.0 Å². The van der Waals surface area contributed by atoms with Gasteiger partial charge in [0.2, 0.25) is 11.8 Å². The SMILES string of the molecule is O=C(CCC(=O)N1CCc2cc(S(=O)(=O)Nc3ccc(F)cc3)ccc21)N1CCCCCC1. The molecule has 1 fully saturated rings. The number of halogens is 1. The molecule has 0 spiro atoms. The Balaban J connectivity index is 1.39. The smallest absolute Gasteiger partial charge is 0.261 e. The Kier molecular flexibility index (Phi) is 6.97. The van der Waals surface area contributed by atoms with Crippen LogP contribution >= 0.6 is 0 Å². The Morgan fingerprint density at radius 1 is 0.879 bits per heavy atom. The maximum atomic E-state index is 13.1. The molecule has 0 unspecified atom stereocenters. The first kappa shape index (κ1) is 23.2. The fourth-order valence-corrected chi connectivity index (χ4v) is 5.47. The zero-order valence-corrected chi connectivity index (χ0v) is 19.2. The van der Waals surface area contributed by atoms with E-state index in [0.29, 0.717) is 18.7 Å². The van der Waals surface area contributed by atoms with Crippen LogP contribution in [0.1, 0.15) is 44.1 Å². The van der Waals surface area contributed by atoms with Crippen molar-refractivity contribution in [3.05, 3.63) is 53.8 Å². The number of nitrogens with one attached hydrogen (secondary N) is 1. The zero-order valence-electron chi connectivity index (χ0n) is 18.4. The van der Waals surface area contributed by atoms with Gasteiger partial charge in [0.1, 0.15) is 5.82 Å². The van der Waals surface area contributed by atoms with E-state index >= 15 is 0 Å². The molecule has 2 aliphatic heterocycles. The number of likely N-dealkylation sites (tertiary alicyclic amines) is 1. The number of benzene rings is 2. The second-order valence-electron chi connectivity index (χ2n) is 8.49. The van der Waals surface area contributed by atoms with Crippen LogP contribution in [0.2, 0.25) is 0 Å². The molecule has 4 rings (SSSR count). The van der Waals surface area contributed by atoms with Crippen molar-refractivity contribution in [2.24, 2.45) is 0 Å². The van der Waals surface area contributed by atoms with Gasteiger partial charge in [-0.2, -0.15) is 0 Å². The molecule has 9 heteroatoms. The molecule has 2 heterocycles. The minimum atomic E-state index is -3.85. The maximum absolute atomic E-state index is 13.1. The van der Waals surface area contributed by atoms with Gasteiger partial charge in [-0.05, 0) is 67.3 Å². The number of sulfonamides is 1. The predicted molar refractivity (Wildman–Crippen MR) is 124 cm³/mol. The molecule has 2 amide bonds. The number of rotatable bonds is 6. The summed E-state index contributed by atoms with van der Waals surface area (Å²) in [4.78, 5) is 28.9. The summed E-state index contributed by atoms with van der Waals surface area (Å²) in [7, 11) is -3.85. The topological polar surface area (TPSA) is 86.8 Å². The quantitative estimate of drug-likeness (QED) is 0.693. The van der Waals surface area contributed by atoms with Gasteiger partial charge >= 0.3 is 0 Å². The van der Waals surface area contributed by atoms with E-state index < -0.39 is 15.8 Å². The highest BCUT2D eigenvalue weighted by Gasteiger charge is 2.27. The number of carbonyl (C=O) groups is 2. The highest BCUT2D eigenvalue weighted by atomic mass is 32.2. The van der Waals surface area contributed by atoms with Crippen molar-refractivity contribution >= 4 is 33.2 Å². The Morgan fingerprint density at radius 3 is 2.24 bits per heavy atom. The minimum Gasteiger partial charge on any atom is -0.343 e. The molecule has 2 aliphatic rings. The van der Waals surface area contributed by atoms with Crippen LogP contribution in [0.3, 0.4) is 0 Å². The predicted octanol–water partition coefficient (Wildman–Crippen LogP) is 3.70. The number of amides is 2. The van der Waals surface area contributed by atoms with Crippen LogP contribution in [0, 0.1) is 5.82 Å². The number of anilines is 2. The first-order chi connectivity index (χ1) is 15.8. The van der Waals surface area contributed by atoms with Crippen LogP contribution in [-0.4, -0.2) is 44.8 Å². The average molecular weight is 474 g/mol. The maximum Gasteiger partial charge on any atom is 0.261 e. The zero-order chi connectivity index (χ0) is 23.4. The number of hydrogen-bond donors (Lipinski definition) is 1. The standard InChI is InChI=1S/C24H28FN3O4S/c25-19-5-7-20(8-6-19)26-33(31,32)21-9-10-22-18(17-21)13-16-28(22)24(30)12-11-23(29)27-14-3-1-2-4-15-27/h5-10,17,26H,1-4,11-16H2. The lowest BCUT2D eigenvalue weighted by Crippen LogP contribution is -2.34. The Morgan fingerprint density at radius 2 is 1.55 bits per heavy atom. The van der Waals surface area contributed by atoms with Crippen LogP contribution in [0.15, 0.2) is 47.4 Å². The van der Waals surface area contributed by atoms with Crippen molar-refractivity contribution in [1.82, 2.24) is 4.90 Å². The van der Waals surface area contributed by atoms with Gasteiger partial charge in [0, 0.05) is 43.9 Å². The summed E-state index contributed by atoms with van der Waals surface area (Å²) in [6, 6.07) is 9.73. The Hall–Kier alpha value is -2.94. The van der Waals surface area contributed by atoms with E-state index in [4.69, 9.17) is 0 Å². The van der Waals surface area contributed by atoms with Gasteiger partial charge in [0.05, 0.1) is 4.90 Å². The third-order valence-electron chi connectivity index (χ3n) is 6.17. The van der Waals surface area contributed by atoms with E-state index in [0.717, 1.165) is 44.3 Å². The van der Waals surface area contributed by atoms with Crippen LogP contribution < -0.4 is 9.62 Å². The Bertz CT molecular complexity index is 1130. The van der Waals surface area contributed by atoms with Crippen LogP contribution in [-0.2, 0) is 26.0 Å². The number of fused-ring (bicyclic) bond motifs is 1. The molecule has 33 heavy (non-hydrogen) atoms. The fraction of sp³-hybridized carbons (Fsp3) is 0.417. The molecule has 1 saturated heterocycles. The summed E-state index contributed by atoms with van der Waals surface area (Å²) in [6.45, 7) is 1.99. The van der Waals surface area contributed by atoms with Crippen molar-refractivity contribution < 1.29 is 22.4 Å². The molecule has 0 aromatic heterocycles. The molecule has 2 aromatic carbocycles. The summed E-state index contributed by atoms with van der Waals surface area (Å²) in [6.07, 6.45) is 5.19. The van der Waals surface area contributed by atoms with Crippen molar-refractivity contribution in [2.75, 3.05) is 29.3 Å². The molecule has 0 atom stereocenters. The summed E-state index contributed by atoms with van der Waals surface area (Å²) < 4.78 is 41.0. The van der Waals surface area contributed by atoms with Crippen molar-refractivity contribution in [1.29, 1.82) is 0 Å². The van der Waals surface area contributed by atoms with Gasteiger partial charge in [-0.1, -0.05) is 12.8 Å². The summed E-state index contributed by atoms with van der Waals surface area (Å²) >= 11 is 0. The third-order valence-corrected chi connectivity index (χ3v) is 7.54. The van der Waals surface area contributed by atoms with Gasteiger partial charge < -0.3 is 9.80 Å². The minimum absolute atomic E-state index is 0.0259. The molecule has 176 valence electrons. The second kappa shape index (κ2) is 9.91. The normalized spacial score (nSPS) is 16.3. The largest absolute Gasteiger partial charge is 0.343 e. The van der Waals surface area contributed by atoms with Crippen LogP contribution in [0.5, 0.6) is 0 Å². The van der Waals surface area contributed by atoms with Crippen molar-refractivity contribution in [3.8, 4) is 0 Å². The first-order valence-corrected chi connectivity index (χ1v) is 12.8. The van der Waals surface area contributed by atoms with Gasteiger partial charge in [-0.25, -0.2) is 12.8 Å². The van der Waals surface area contributed by atoms with E-state index in [1.165, 1.54) is 30.3 Å². The molecule has 0 saturated carbocycles. The van der Waals surface area contributed by atoms with Gasteiger partial charge in [0.25, 0.3) is 10.0 Å². The first-order valence-electron chi connectivity index (χ1n) is 11.3. The van der Waals surface area contributed by atoms with Gasteiger partial charge in [-0.3, -0.25) is 14.3 Å². The number of carbonyl (C=O) groups excluding carboxylic acids is 2. The fourth-order valence-electron chi connectivity index (χ4n) is 4.36. The average Bonchev–Trinajstić information content (AvgIpc) is 3.03. The summed E-state index contributed by atoms with van der Waals surface area (Å²) in [5.74, 6) is -0.552. The second-order valence-corrected chi connectivity index (χ2v) is 10.2. The number of hydrogen-bond acceptors (Lipinski definition) is 4. The molecule has 2 aromatic rings. The molecule has 0 aliphatic carbocycles. The molecule has 1 N–H and O–H groups in total. The highest BCUT2D eigenvalue weighted by molar-refractivity contribution is 7.92. The molecular formula is C24H28FN3O4S. The van der Waals surface area contributed by atoms with E-state index in [-0.39, 0.29) is 35.2 Å². The monoisotopic (exact) mass is 473 g/mol. The molecular weight excluding hydrogens is 445 g/mol. The number of nitrogens with zero attached hydrogens (tertiary/aromatic N) is 2. The lowest BCUT2D eigenvalue weighted by Gasteiger charge is -2.21. The lowest BCUT2D eigenvalue weighted by molar-refractivity contribution is -0.133. The third kappa shape index (κ3) is 5.52. The molecule has 0 radical (unpaired) electrons. The van der Waals surface area contributed by atoms with E-state index in [2.05, 4.69) is 4.72 Å². The highest BCUT2D eigenvalue weighted by Crippen LogP contribution is 2.31. The van der Waals surface area contributed by atoms with Crippen LogP contribution in [0.4, 0.5) is 15.8 Å². The van der Waals surface area contributed by atoms with Gasteiger partial charge in [-0.15, -0.1) is 0 Å².